The van der Waals surface area contributed by atoms with E-state index >= 15 is 0 Å². The summed E-state index contributed by atoms with van der Waals surface area (Å²) >= 11 is 0. The molecular formula is C30H48N4O. The fourth-order valence-corrected chi connectivity index (χ4v) is 5.82. The Bertz CT molecular complexity index is 1020. The maximum atomic E-state index is 8.26. The molecule has 5 nitrogen and oxygen atoms in total. The number of imidazole rings is 1. The van der Waals surface area contributed by atoms with Crippen LogP contribution in [-0.2, 0) is 4.74 Å². The van der Waals surface area contributed by atoms with E-state index < -0.39 is 0 Å². The Hall–Kier alpha value is -2.14. The molecule has 3 atom stereocenters. The SMILES string of the molecule is CC[C@@H](C)CCC(c1nc2cc(/C(C(C)=N)=C(\C)N)ccc2n1C1CCC(OC)CC1)[C@H](C)CC. The smallest absolute Gasteiger partial charge is 0.113 e. The third kappa shape index (κ3) is 6.17. The summed E-state index contributed by atoms with van der Waals surface area (Å²) in [6, 6.07) is 6.96. The van der Waals surface area contributed by atoms with Crippen LogP contribution >= 0.6 is 0 Å². The van der Waals surface area contributed by atoms with Crippen molar-refractivity contribution < 1.29 is 4.74 Å². The molecule has 35 heavy (non-hydrogen) atoms. The highest BCUT2D eigenvalue weighted by Crippen LogP contribution is 2.40. The van der Waals surface area contributed by atoms with Gasteiger partial charge >= 0.3 is 0 Å². The second-order valence-corrected chi connectivity index (χ2v) is 11.0. The van der Waals surface area contributed by atoms with Gasteiger partial charge in [0.25, 0.3) is 0 Å². The molecule has 0 radical (unpaired) electrons. The number of benzene rings is 1. The first-order valence-corrected chi connectivity index (χ1v) is 13.8. The van der Waals surface area contributed by atoms with Crippen LogP contribution < -0.4 is 5.73 Å². The summed E-state index contributed by atoms with van der Waals surface area (Å²) in [7, 11) is 1.84. The maximum Gasteiger partial charge on any atom is 0.113 e. The largest absolute Gasteiger partial charge is 0.402 e. The van der Waals surface area contributed by atoms with Gasteiger partial charge in [-0.1, -0.05) is 53.0 Å². The second kappa shape index (κ2) is 12.2. The maximum absolute atomic E-state index is 8.26. The van der Waals surface area contributed by atoms with Crippen molar-refractivity contribution in [3.63, 3.8) is 0 Å². The molecule has 1 unspecified atom stereocenters. The number of nitrogens with two attached hydrogens (primary N) is 1. The van der Waals surface area contributed by atoms with Crippen molar-refractivity contribution in [3.8, 4) is 0 Å². The average Bonchev–Trinajstić information content (AvgIpc) is 3.21. The second-order valence-electron chi connectivity index (χ2n) is 11.0. The summed E-state index contributed by atoms with van der Waals surface area (Å²) in [6.07, 6.45) is 9.64. The first-order chi connectivity index (χ1) is 16.7. The Morgan fingerprint density at radius 2 is 1.80 bits per heavy atom. The summed E-state index contributed by atoms with van der Waals surface area (Å²) in [5, 5.41) is 8.26. The molecule has 1 aliphatic rings. The number of ether oxygens (including phenoxy) is 1. The lowest BCUT2D eigenvalue weighted by Gasteiger charge is -2.32. The Labute approximate surface area is 213 Å². The number of fused-ring (bicyclic) bond motifs is 1. The molecule has 0 amide bonds. The number of allylic oxidation sites excluding steroid dienone is 2. The van der Waals surface area contributed by atoms with Crippen molar-refractivity contribution >= 4 is 22.3 Å². The molecule has 1 aromatic carbocycles. The van der Waals surface area contributed by atoms with Crippen molar-refractivity contribution in [3.05, 3.63) is 35.3 Å². The zero-order chi connectivity index (χ0) is 25.7. The fraction of sp³-hybridized carbons (Fsp3) is 0.667. The van der Waals surface area contributed by atoms with E-state index in [1.54, 1.807) is 0 Å². The molecule has 0 bridgehead atoms. The molecule has 1 saturated carbocycles. The third-order valence-corrected chi connectivity index (χ3v) is 8.45. The number of methoxy groups -OCH3 is 1. The molecule has 0 saturated heterocycles. The van der Waals surface area contributed by atoms with E-state index in [-0.39, 0.29) is 0 Å². The minimum absolute atomic E-state index is 0.377. The van der Waals surface area contributed by atoms with Crippen LogP contribution in [0.3, 0.4) is 0 Å². The molecule has 1 fully saturated rings. The van der Waals surface area contributed by atoms with Crippen LogP contribution in [0.5, 0.6) is 0 Å². The van der Waals surface area contributed by atoms with Crippen LogP contribution in [0.1, 0.15) is 116 Å². The molecule has 3 rings (SSSR count). The van der Waals surface area contributed by atoms with Gasteiger partial charge in [-0.15, -0.1) is 0 Å². The number of nitrogens with one attached hydrogen (secondary N) is 1. The number of rotatable bonds is 11. The Morgan fingerprint density at radius 1 is 1.11 bits per heavy atom. The summed E-state index contributed by atoms with van der Waals surface area (Å²) in [5.41, 5.74) is 11.4. The van der Waals surface area contributed by atoms with Gasteiger partial charge in [-0.3, -0.25) is 0 Å². The highest BCUT2D eigenvalue weighted by molar-refractivity contribution is 6.22. The first-order valence-electron chi connectivity index (χ1n) is 13.8. The molecule has 1 heterocycles. The molecule has 1 aromatic heterocycles. The van der Waals surface area contributed by atoms with Gasteiger partial charge < -0.3 is 20.4 Å². The summed E-state index contributed by atoms with van der Waals surface area (Å²) in [4.78, 5) is 5.36. The van der Waals surface area contributed by atoms with Crippen molar-refractivity contribution in [2.24, 2.45) is 17.6 Å². The van der Waals surface area contributed by atoms with E-state index in [1.807, 2.05) is 21.0 Å². The van der Waals surface area contributed by atoms with Gasteiger partial charge in [0.1, 0.15) is 5.82 Å². The van der Waals surface area contributed by atoms with Gasteiger partial charge in [0.05, 0.1) is 17.1 Å². The van der Waals surface area contributed by atoms with Gasteiger partial charge in [-0.2, -0.15) is 0 Å². The fourth-order valence-electron chi connectivity index (χ4n) is 5.82. The van der Waals surface area contributed by atoms with Crippen molar-refractivity contribution in [1.29, 1.82) is 5.41 Å². The third-order valence-electron chi connectivity index (χ3n) is 8.45. The minimum atomic E-state index is 0.377. The topological polar surface area (TPSA) is 76.9 Å². The van der Waals surface area contributed by atoms with E-state index in [1.165, 1.54) is 30.6 Å². The van der Waals surface area contributed by atoms with Crippen LogP contribution in [0.4, 0.5) is 0 Å². The quantitative estimate of drug-likeness (QED) is 0.321. The van der Waals surface area contributed by atoms with E-state index in [9.17, 15) is 0 Å². The lowest BCUT2D eigenvalue weighted by Crippen LogP contribution is -2.25. The number of hydrogen-bond donors (Lipinski definition) is 2. The number of nitrogens with zero attached hydrogens (tertiary/aromatic N) is 2. The van der Waals surface area contributed by atoms with Crippen molar-refractivity contribution in [2.75, 3.05) is 7.11 Å². The van der Waals surface area contributed by atoms with Gasteiger partial charge in [0.2, 0.25) is 0 Å². The summed E-state index contributed by atoms with van der Waals surface area (Å²) in [5.74, 6) is 3.02. The van der Waals surface area contributed by atoms with Crippen molar-refractivity contribution in [1.82, 2.24) is 9.55 Å². The van der Waals surface area contributed by atoms with E-state index in [0.717, 1.165) is 54.7 Å². The lowest BCUT2D eigenvalue weighted by atomic mass is 9.84. The van der Waals surface area contributed by atoms with Gasteiger partial charge in [-0.25, -0.2) is 4.98 Å². The van der Waals surface area contributed by atoms with Crippen LogP contribution in [-0.4, -0.2) is 28.5 Å². The molecule has 194 valence electrons. The standard InChI is InChI=1S/C30H48N4O/c1-8-19(3)10-16-26(20(4)9-2)30-33-27-18-23(29(21(5)31)22(6)32)11-17-28(27)34(30)24-12-14-25(35-7)15-13-24/h11,17-20,24-26,31H,8-10,12-16,32H2,1-7H3/b29-22+,31-21?/t19-,20-,24?,25?,26?/m1/s1. The average molecular weight is 481 g/mol. The molecule has 3 N–H and O–H groups in total. The Kier molecular flexibility index (Phi) is 9.57. The normalized spacial score (nSPS) is 22.0. The molecule has 2 aromatic rings. The molecule has 0 aliphatic heterocycles. The Balaban J connectivity index is 2.14. The Morgan fingerprint density at radius 3 is 2.34 bits per heavy atom. The molecular weight excluding hydrogens is 432 g/mol. The van der Waals surface area contributed by atoms with Gasteiger partial charge in [0, 0.05) is 36.1 Å². The predicted octanol–water partition coefficient (Wildman–Crippen LogP) is 7.85. The number of aromatic nitrogens is 2. The number of hydrogen-bond acceptors (Lipinski definition) is 4. The van der Waals surface area contributed by atoms with Crippen LogP contribution in [0.2, 0.25) is 0 Å². The predicted molar refractivity (Wildman–Crippen MR) is 149 cm³/mol. The van der Waals surface area contributed by atoms with E-state index in [4.69, 9.17) is 20.9 Å². The van der Waals surface area contributed by atoms with Crippen molar-refractivity contribution in [2.45, 2.75) is 111 Å². The van der Waals surface area contributed by atoms with E-state index in [2.05, 4.69) is 50.5 Å². The van der Waals surface area contributed by atoms with Crippen LogP contribution in [0, 0.1) is 17.2 Å². The highest BCUT2D eigenvalue weighted by Gasteiger charge is 2.31. The zero-order valence-corrected chi connectivity index (χ0v) is 23.2. The molecule has 0 spiro atoms. The highest BCUT2D eigenvalue weighted by atomic mass is 16.5. The van der Waals surface area contributed by atoms with Gasteiger partial charge in [-0.05, 0) is 75.5 Å². The minimum Gasteiger partial charge on any atom is -0.402 e. The van der Waals surface area contributed by atoms with Gasteiger partial charge in [0.15, 0.2) is 0 Å². The van der Waals surface area contributed by atoms with Crippen LogP contribution in [0.15, 0.2) is 23.9 Å². The summed E-state index contributed by atoms with van der Waals surface area (Å²) < 4.78 is 8.27. The summed E-state index contributed by atoms with van der Waals surface area (Å²) in [6.45, 7) is 13.1. The van der Waals surface area contributed by atoms with Crippen LogP contribution in [0.25, 0.3) is 16.6 Å². The first kappa shape index (κ1) is 27.4. The molecule has 5 heteroatoms. The zero-order valence-electron chi connectivity index (χ0n) is 23.2. The van der Waals surface area contributed by atoms with E-state index in [0.29, 0.717) is 35.4 Å². The lowest BCUT2D eigenvalue weighted by molar-refractivity contribution is 0.0582. The molecule has 1 aliphatic carbocycles. The monoisotopic (exact) mass is 480 g/mol.